The predicted octanol–water partition coefficient (Wildman–Crippen LogP) is 4.05. The van der Waals surface area contributed by atoms with Gasteiger partial charge in [-0.1, -0.05) is 20.8 Å². The van der Waals surface area contributed by atoms with Gasteiger partial charge < -0.3 is 10.8 Å². The average molecular weight is 346 g/mol. The molecule has 3 heteroatoms. The number of hydrogen-bond donors (Lipinski definition) is 2. The lowest BCUT2D eigenvalue weighted by Gasteiger charge is -2.58. The molecule has 0 bridgehead atoms. The second kappa shape index (κ2) is 5.84. The van der Waals surface area contributed by atoms with Gasteiger partial charge in [0.25, 0.3) is 0 Å². The Hall–Kier alpha value is -0.830. The van der Waals surface area contributed by atoms with E-state index in [4.69, 9.17) is 5.73 Å². The molecular weight excluding hydrogens is 310 g/mol. The van der Waals surface area contributed by atoms with Crippen molar-refractivity contribution < 1.29 is 9.90 Å². The number of carbonyl (C=O) groups is 1. The molecular formula is C22H35NO2. The molecule has 3 N–H and O–H groups in total. The molecule has 3 fully saturated rings. The highest BCUT2D eigenvalue weighted by atomic mass is 16.3. The maximum atomic E-state index is 12.1. The maximum absolute atomic E-state index is 12.1. The molecule has 7 atom stereocenters. The van der Waals surface area contributed by atoms with E-state index in [9.17, 15) is 9.90 Å². The third-order valence-electron chi connectivity index (χ3n) is 9.22. The minimum atomic E-state index is 0.156. The molecule has 25 heavy (non-hydrogen) atoms. The summed E-state index contributed by atoms with van der Waals surface area (Å²) in [5.41, 5.74) is 8.72. The fourth-order valence-corrected chi connectivity index (χ4v) is 7.86. The fraction of sp³-hybridized carbons (Fsp3) is 0.864. The monoisotopic (exact) mass is 345 g/mol. The Morgan fingerprint density at radius 1 is 1.12 bits per heavy atom. The number of aliphatic hydroxyl groups is 1. The summed E-state index contributed by atoms with van der Waals surface area (Å²) in [4.78, 5) is 12.1. The lowest BCUT2D eigenvalue weighted by molar-refractivity contribution is -0.119. The molecule has 0 saturated heterocycles. The number of carbonyl (C=O) groups excluding carboxylic acids is 1. The summed E-state index contributed by atoms with van der Waals surface area (Å²) in [6, 6.07) is 0. The van der Waals surface area contributed by atoms with Crippen LogP contribution in [-0.2, 0) is 4.79 Å². The summed E-state index contributed by atoms with van der Waals surface area (Å²) in [6.07, 6.45) is 9.05. The lowest BCUT2D eigenvalue weighted by atomic mass is 9.46. The first-order valence-electron chi connectivity index (χ1n) is 10.5. The van der Waals surface area contributed by atoms with Crippen molar-refractivity contribution in [1.82, 2.24) is 0 Å². The van der Waals surface area contributed by atoms with Crippen LogP contribution in [0, 0.1) is 40.4 Å². The third-order valence-corrected chi connectivity index (χ3v) is 9.22. The van der Waals surface area contributed by atoms with Crippen molar-refractivity contribution in [3.8, 4) is 0 Å². The third kappa shape index (κ3) is 2.30. The molecule has 0 aromatic rings. The zero-order valence-electron chi connectivity index (χ0n) is 16.2. The highest BCUT2D eigenvalue weighted by Crippen LogP contribution is 2.67. The molecule has 0 aromatic heterocycles. The van der Waals surface area contributed by atoms with Crippen LogP contribution >= 0.6 is 0 Å². The minimum Gasteiger partial charge on any atom is -0.396 e. The first-order chi connectivity index (χ1) is 11.8. The Balaban J connectivity index is 1.66. The summed E-state index contributed by atoms with van der Waals surface area (Å²) in [5, 5.41) is 9.73. The van der Waals surface area contributed by atoms with E-state index >= 15 is 0 Å². The molecule has 0 amide bonds. The number of allylic oxidation sites excluding steroid dienone is 1. The zero-order valence-corrected chi connectivity index (χ0v) is 16.2. The Labute approximate surface area is 152 Å². The number of nitrogens with two attached hydrogens (primary N) is 1. The van der Waals surface area contributed by atoms with E-state index in [0.717, 1.165) is 24.7 Å². The van der Waals surface area contributed by atoms with Crippen LogP contribution in [0.3, 0.4) is 0 Å². The van der Waals surface area contributed by atoms with Crippen molar-refractivity contribution in [2.24, 2.45) is 46.2 Å². The van der Waals surface area contributed by atoms with E-state index in [1.54, 1.807) is 0 Å². The second-order valence-corrected chi connectivity index (χ2v) is 10.0. The molecule has 0 aliphatic heterocycles. The van der Waals surface area contributed by atoms with Gasteiger partial charge in [-0.15, -0.1) is 0 Å². The van der Waals surface area contributed by atoms with Crippen LogP contribution < -0.4 is 5.73 Å². The van der Waals surface area contributed by atoms with Crippen LogP contribution in [0.15, 0.2) is 11.3 Å². The van der Waals surface area contributed by atoms with Gasteiger partial charge >= 0.3 is 0 Å². The van der Waals surface area contributed by atoms with E-state index in [1.807, 2.05) is 0 Å². The van der Waals surface area contributed by atoms with E-state index < -0.39 is 0 Å². The van der Waals surface area contributed by atoms with Crippen molar-refractivity contribution in [3.63, 3.8) is 0 Å². The van der Waals surface area contributed by atoms with Crippen molar-refractivity contribution >= 4 is 5.78 Å². The molecule has 3 unspecified atom stereocenters. The van der Waals surface area contributed by atoms with Gasteiger partial charge in [-0.05, 0) is 90.9 Å². The Bertz CT molecular complexity index is 611. The number of hydrogen-bond acceptors (Lipinski definition) is 3. The van der Waals surface area contributed by atoms with Gasteiger partial charge in [-0.3, -0.25) is 4.79 Å². The fourth-order valence-electron chi connectivity index (χ4n) is 7.86. The lowest BCUT2D eigenvalue weighted by Crippen LogP contribution is -2.52. The summed E-state index contributed by atoms with van der Waals surface area (Å²) in [7, 11) is 0. The molecule has 3 nitrogen and oxygen atoms in total. The topological polar surface area (TPSA) is 63.3 Å². The Morgan fingerprint density at radius 2 is 1.88 bits per heavy atom. The molecule has 0 spiro atoms. The van der Waals surface area contributed by atoms with Crippen molar-refractivity contribution in [1.29, 1.82) is 0 Å². The summed E-state index contributed by atoms with van der Waals surface area (Å²) in [6.45, 7) is 7.49. The largest absolute Gasteiger partial charge is 0.396 e. The van der Waals surface area contributed by atoms with Gasteiger partial charge in [-0.25, -0.2) is 0 Å². The van der Waals surface area contributed by atoms with Crippen LogP contribution in [0.25, 0.3) is 0 Å². The van der Waals surface area contributed by atoms with Gasteiger partial charge in [-0.2, -0.15) is 0 Å². The van der Waals surface area contributed by atoms with E-state index in [1.165, 1.54) is 37.7 Å². The van der Waals surface area contributed by atoms with Crippen LogP contribution in [-0.4, -0.2) is 17.5 Å². The van der Waals surface area contributed by atoms with Crippen LogP contribution in [0.1, 0.15) is 72.1 Å². The maximum Gasteiger partial charge on any atom is 0.178 e. The van der Waals surface area contributed by atoms with Gasteiger partial charge in [0.2, 0.25) is 0 Å². The second-order valence-electron chi connectivity index (χ2n) is 10.0. The van der Waals surface area contributed by atoms with E-state index in [-0.39, 0.29) is 11.2 Å². The molecule has 3 saturated carbocycles. The van der Waals surface area contributed by atoms with E-state index in [2.05, 4.69) is 20.8 Å². The molecule has 4 aliphatic carbocycles. The van der Waals surface area contributed by atoms with Crippen molar-refractivity contribution in [2.75, 3.05) is 6.61 Å². The molecule has 0 aromatic carbocycles. The van der Waals surface area contributed by atoms with Crippen LogP contribution in [0.5, 0.6) is 0 Å². The number of ketones is 1. The Morgan fingerprint density at radius 3 is 2.60 bits per heavy atom. The highest BCUT2D eigenvalue weighted by molar-refractivity contribution is 5.96. The summed E-state index contributed by atoms with van der Waals surface area (Å²) >= 11 is 0. The number of rotatable bonds is 2. The number of Topliss-reactive ketones (excluding diaryl/α,β-unsaturated/α-hetero) is 1. The predicted molar refractivity (Wildman–Crippen MR) is 99.6 cm³/mol. The smallest absolute Gasteiger partial charge is 0.178 e. The normalized spacial score (nSPS) is 47.9. The molecule has 4 aliphatic rings. The summed E-state index contributed by atoms with van der Waals surface area (Å²) < 4.78 is 0. The number of fused-ring (bicyclic) bond motifs is 5. The first kappa shape index (κ1) is 17.6. The minimum absolute atomic E-state index is 0.156. The van der Waals surface area contributed by atoms with Crippen molar-refractivity contribution in [3.05, 3.63) is 11.3 Å². The van der Waals surface area contributed by atoms with Crippen LogP contribution in [0.4, 0.5) is 0 Å². The zero-order chi connectivity index (χ0) is 18.0. The SMILES string of the molecule is C[C@H](CO)[C@H]1CCC2C3CCC4=C(N)C(=O)CC[C@]4(C)C3CC[C@@]21C. The quantitative estimate of drug-likeness (QED) is 0.793. The summed E-state index contributed by atoms with van der Waals surface area (Å²) in [5.74, 6) is 3.55. The standard InChI is InChI=1S/C22H35NO2/c1-13(12-24)15-6-7-16-14-4-5-18-20(23)19(25)9-11-22(18,3)17(14)8-10-21(15,16)2/h13-17,24H,4-12,23H2,1-3H3/t13-,14?,15-,16?,17?,21-,22-/m1/s1. The average Bonchev–Trinajstić information content (AvgIpc) is 2.95. The van der Waals surface area contributed by atoms with Crippen LogP contribution in [0.2, 0.25) is 0 Å². The van der Waals surface area contributed by atoms with E-state index in [0.29, 0.717) is 41.9 Å². The van der Waals surface area contributed by atoms with Gasteiger partial charge in [0.05, 0.1) is 5.70 Å². The van der Waals surface area contributed by atoms with Gasteiger partial charge in [0, 0.05) is 13.0 Å². The van der Waals surface area contributed by atoms with Gasteiger partial charge in [0.1, 0.15) is 0 Å². The molecule has 0 radical (unpaired) electrons. The molecule has 0 heterocycles. The first-order valence-corrected chi connectivity index (χ1v) is 10.5. The molecule has 140 valence electrons. The Kier molecular flexibility index (Phi) is 4.10. The molecule has 4 rings (SSSR count). The van der Waals surface area contributed by atoms with Gasteiger partial charge in [0.15, 0.2) is 5.78 Å². The van der Waals surface area contributed by atoms with Crippen molar-refractivity contribution in [2.45, 2.75) is 72.1 Å². The highest BCUT2D eigenvalue weighted by Gasteiger charge is 2.59. The number of aliphatic hydroxyl groups excluding tert-OH is 1.